The van der Waals surface area contributed by atoms with E-state index in [1.165, 1.54) is 0 Å². The van der Waals surface area contributed by atoms with Crippen LogP contribution >= 0.6 is 0 Å². The lowest BCUT2D eigenvalue weighted by Crippen LogP contribution is -1.99. The van der Waals surface area contributed by atoms with Crippen LogP contribution in [0.1, 0.15) is 25.0 Å². The molecule has 0 saturated carbocycles. The maximum Gasteiger partial charge on any atom is 0.270 e. The van der Waals surface area contributed by atoms with Gasteiger partial charge in [0.05, 0.1) is 10.6 Å². The summed E-state index contributed by atoms with van der Waals surface area (Å²) >= 11 is 0. The number of non-ortho nitro benzene ring substituents is 1. The average molecular weight is 246 g/mol. The first-order valence-electron chi connectivity index (χ1n) is 5.98. The van der Waals surface area contributed by atoms with Gasteiger partial charge in [0.25, 0.3) is 5.69 Å². The highest BCUT2D eigenvalue weighted by molar-refractivity contribution is 5.53. The molecule has 0 atom stereocenters. The van der Waals surface area contributed by atoms with Gasteiger partial charge in [0.1, 0.15) is 0 Å². The van der Waals surface area contributed by atoms with Crippen molar-refractivity contribution in [2.24, 2.45) is 0 Å². The Morgan fingerprint density at radius 1 is 1.06 bits per heavy atom. The monoisotopic (exact) mass is 246 g/mol. The summed E-state index contributed by atoms with van der Waals surface area (Å²) in [5.41, 5.74) is 2.97. The summed E-state index contributed by atoms with van der Waals surface area (Å²) in [5, 5.41) is 10.7. The van der Waals surface area contributed by atoms with E-state index < -0.39 is 0 Å². The maximum atomic E-state index is 10.7. The third-order valence-corrected chi connectivity index (χ3v) is 2.55. The Kier molecular flexibility index (Phi) is 4.66. The van der Waals surface area contributed by atoms with Crippen LogP contribution in [0.5, 0.6) is 0 Å². The minimum atomic E-state index is -0.362. The molecule has 0 spiro atoms. The zero-order chi connectivity index (χ0) is 13.7. The van der Waals surface area contributed by atoms with Crippen molar-refractivity contribution in [3.8, 4) is 5.69 Å². The quantitative estimate of drug-likeness (QED) is 0.593. The van der Waals surface area contributed by atoms with Gasteiger partial charge in [-0.2, -0.15) is 0 Å². The highest BCUT2D eigenvalue weighted by Gasteiger charge is 2.12. The van der Waals surface area contributed by atoms with Crippen LogP contribution in [-0.2, 0) is 0 Å². The third kappa shape index (κ3) is 2.77. The van der Waals surface area contributed by atoms with Gasteiger partial charge in [-0.15, -0.1) is 0 Å². The van der Waals surface area contributed by atoms with Crippen LogP contribution in [0.4, 0.5) is 5.69 Å². The summed E-state index contributed by atoms with van der Waals surface area (Å²) in [4.78, 5) is 10.3. The van der Waals surface area contributed by atoms with Crippen molar-refractivity contribution in [2.75, 3.05) is 0 Å². The number of rotatable bonds is 2. The molecule has 18 heavy (non-hydrogen) atoms. The first kappa shape index (κ1) is 14.0. The molecule has 1 aromatic carbocycles. The molecule has 4 nitrogen and oxygen atoms in total. The van der Waals surface area contributed by atoms with Gasteiger partial charge in [-0.3, -0.25) is 10.1 Å². The summed E-state index contributed by atoms with van der Waals surface area (Å²) in [6, 6.07) is 7.06. The second-order valence-corrected chi connectivity index (χ2v) is 3.78. The van der Waals surface area contributed by atoms with Crippen molar-refractivity contribution in [2.45, 2.75) is 27.7 Å². The third-order valence-electron chi connectivity index (χ3n) is 2.55. The van der Waals surface area contributed by atoms with E-state index in [2.05, 4.69) is 0 Å². The molecule has 96 valence electrons. The van der Waals surface area contributed by atoms with Gasteiger partial charge < -0.3 is 4.57 Å². The van der Waals surface area contributed by atoms with E-state index in [0.29, 0.717) is 0 Å². The molecule has 0 aliphatic carbocycles. The smallest absolute Gasteiger partial charge is 0.270 e. The molecule has 0 radical (unpaired) electrons. The molecule has 0 fully saturated rings. The molecule has 4 heteroatoms. The molecule has 0 amide bonds. The second kappa shape index (κ2) is 6.00. The van der Waals surface area contributed by atoms with Crippen LogP contribution in [0.3, 0.4) is 0 Å². The molecule has 2 aromatic rings. The number of nitrogens with zero attached hydrogens (tertiary/aromatic N) is 2. The van der Waals surface area contributed by atoms with Crippen molar-refractivity contribution < 1.29 is 4.92 Å². The number of nitro benzene ring substituents is 1. The topological polar surface area (TPSA) is 48.1 Å². The summed E-state index contributed by atoms with van der Waals surface area (Å²) in [7, 11) is 0. The number of nitro groups is 1. The van der Waals surface area contributed by atoms with Gasteiger partial charge in [0.15, 0.2) is 0 Å². The van der Waals surface area contributed by atoms with E-state index in [1.807, 2.05) is 56.8 Å². The Labute approximate surface area is 107 Å². The predicted molar refractivity (Wildman–Crippen MR) is 73.2 cm³/mol. The van der Waals surface area contributed by atoms with Crippen molar-refractivity contribution in [3.05, 3.63) is 57.9 Å². The lowest BCUT2D eigenvalue weighted by atomic mass is 10.1. The Morgan fingerprint density at radius 3 is 1.89 bits per heavy atom. The fourth-order valence-corrected chi connectivity index (χ4v) is 1.93. The standard InChI is InChI=1S/C12H12N2O2.C2H6/c1-9-7-11(14(15)16)8-10(2)12(9)13-5-3-4-6-13;1-2/h3-8H,1-2H3;1-2H3. The van der Waals surface area contributed by atoms with Crippen molar-refractivity contribution >= 4 is 5.69 Å². The van der Waals surface area contributed by atoms with Gasteiger partial charge in [-0.05, 0) is 37.1 Å². The van der Waals surface area contributed by atoms with Crippen LogP contribution in [0.15, 0.2) is 36.7 Å². The minimum Gasteiger partial charge on any atom is -0.323 e. The summed E-state index contributed by atoms with van der Waals surface area (Å²) in [5.74, 6) is 0. The largest absolute Gasteiger partial charge is 0.323 e. The van der Waals surface area contributed by atoms with Crippen molar-refractivity contribution in [1.29, 1.82) is 0 Å². The highest BCUT2D eigenvalue weighted by atomic mass is 16.6. The summed E-state index contributed by atoms with van der Waals surface area (Å²) in [6.45, 7) is 7.77. The maximum absolute atomic E-state index is 10.7. The molecule has 0 aliphatic rings. The van der Waals surface area contributed by atoms with Crippen LogP contribution < -0.4 is 0 Å². The Balaban J connectivity index is 0.000000771. The van der Waals surface area contributed by atoms with Crippen LogP contribution in [0.25, 0.3) is 5.69 Å². The lowest BCUT2D eigenvalue weighted by Gasteiger charge is -2.10. The normalized spacial score (nSPS) is 9.56. The number of benzene rings is 1. The molecule has 0 bridgehead atoms. The molecular weight excluding hydrogens is 228 g/mol. The number of hydrogen-bond donors (Lipinski definition) is 0. The first-order valence-corrected chi connectivity index (χ1v) is 5.98. The van der Waals surface area contributed by atoms with Gasteiger partial charge in [0, 0.05) is 24.5 Å². The van der Waals surface area contributed by atoms with E-state index in [4.69, 9.17) is 0 Å². The molecule has 1 heterocycles. The molecule has 0 N–H and O–H groups in total. The molecule has 1 aromatic heterocycles. The van der Waals surface area contributed by atoms with Gasteiger partial charge in [0.2, 0.25) is 0 Å². The molecule has 2 rings (SSSR count). The Bertz CT molecular complexity index is 508. The number of hydrogen-bond acceptors (Lipinski definition) is 2. The molecular formula is C14H18N2O2. The van der Waals surface area contributed by atoms with E-state index >= 15 is 0 Å². The predicted octanol–water partition coefficient (Wildman–Crippen LogP) is 4.03. The molecule has 0 aliphatic heterocycles. The van der Waals surface area contributed by atoms with Gasteiger partial charge in [-0.1, -0.05) is 13.8 Å². The number of aromatic nitrogens is 1. The fraction of sp³-hybridized carbons (Fsp3) is 0.286. The van der Waals surface area contributed by atoms with Crippen molar-refractivity contribution in [1.82, 2.24) is 4.57 Å². The van der Waals surface area contributed by atoms with E-state index in [1.54, 1.807) is 12.1 Å². The SMILES string of the molecule is CC.Cc1cc([N+](=O)[O-])cc(C)c1-n1cccc1. The fourth-order valence-electron chi connectivity index (χ4n) is 1.93. The Hall–Kier alpha value is -2.10. The summed E-state index contributed by atoms with van der Waals surface area (Å²) in [6.07, 6.45) is 3.86. The lowest BCUT2D eigenvalue weighted by molar-refractivity contribution is -0.384. The Morgan fingerprint density at radius 2 is 1.50 bits per heavy atom. The van der Waals surface area contributed by atoms with Crippen LogP contribution in [0.2, 0.25) is 0 Å². The number of aryl methyl sites for hydroxylation is 2. The van der Waals surface area contributed by atoms with Crippen LogP contribution in [0, 0.1) is 24.0 Å². The van der Waals surface area contributed by atoms with E-state index in [-0.39, 0.29) is 10.6 Å². The van der Waals surface area contributed by atoms with E-state index in [0.717, 1.165) is 16.8 Å². The van der Waals surface area contributed by atoms with Gasteiger partial charge >= 0.3 is 0 Å². The first-order chi connectivity index (χ1) is 8.59. The zero-order valence-corrected chi connectivity index (χ0v) is 11.2. The van der Waals surface area contributed by atoms with Crippen molar-refractivity contribution in [3.63, 3.8) is 0 Å². The highest BCUT2D eigenvalue weighted by Crippen LogP contribution is 2.24. The minimum absolute atomic E-state index is 0.144. The second-order valence-electron chi connectivity index (χ2n) is 3.78. The van der Waals surface area contributed by atoms with E-state index in [9.17, 15) is 10.1 Å². The summed E-state index contributed by atoms with van der Waals surface area (Å²) < 4.78 is 1.97. The zero-order valence-electron chi connectivity index (χ0n) is 11.2. The molecule has 0 saturated heterocycles. The average Bonchev–Trinajstić information content (AvgIpc) is 2.84. The molecule has 0 unspecified atom stereocenters. The van der Waals surface area contributed by atoms with Crippen LogP contribution in [-0.4, -0.2) is 9.49 Å². The van der Waals surface area contributed by atoms with Gasteiger partial charge in [-0.25, -0.2) is 0 Å².